The SMILES string of the molecule is Cc1nc(CSc2ccccc2)nc(C)c1CCCN. The predicted molar refractivity (Wildman–Crippen MR) is 84.9 cm³/mol. The summed E-state index contributed by atoms with van der Waals surface area (Å²) in [4.78, 5) is 10.5. The molecule has 0 fully saturated rings. The number of rotatable bonds is 6. The topological polar surface area (TPSA) is 51.8 Å². The van der Waals surface area contributed by atoms with E-state index in [2.05, 4.69) is 48.1 Å². The summed E-state index contributed by atoms with van der Waals surface area (Å²) < 4.78 is 0. The molecule has 0 aliphatic rings. The molecule has 2 rings (SSSR count). The largest absolute Gasteiger partial charge is 0.330 e. The molecular formula is C16H21N3S. The third-order valence-electron chi connectivity index (χ3n) is 3.21. The molecule has 4 heteroatoms. The fourth-order valence-corrected chi connectivity index (χ4v) is 2.95. The molecule has 20 heavy (non-hydrogen) atoms. The van der Waals surface area contributed by atoms with Gasteiger partial charge in [-0.2, -0.15) is 0 Å². The Morgan fingerprint density at radius 2 is 1.70 bits per heavy atom. The van der Waals surface area contributed by atoms with E-state index in [1.807, 2.05) is 6.07 Å². The monoisotopic (exact) mass is 287 g/mol. The van der Waals surface area contributed by atoms with Crippen molar-refractivity contribution in [3.05, 3.63) is 53.1 Å². The smallest absolute Gasteiger partial charge is 0.139 e. The minimum atomic E-state index is 0.713. The molecule has 0 bridgehead atoms. The van der Waals surface area contributed by atoms with Crippen molar-refractivity contribution in [1.82, 2.24) is 9.97 Å². The van der Waals surface area contributed by atoms with Crippen LogP contribution in [0.15, 0.2) is 35.2 Å². The highest BCUT2D eigenvalue weighted by molar-refractivity contribution is 7.98. The van der Waals surface area contributed by atoms with Crippen molar-refractivity contribution < 1.29 is 0 Å². The van der Waals surface area contributed by atoms with E-state index in [9.17, 15) is 0 Å². The summed E-state index contributed by atoms with van der Waals surface area (Å²) in [6.45, 7) is 4.85. The summed E-state index contributed by atoms with van der Waals surface area (Å²) in [5, 5.41) is 0. The Morgan fingerprint density at radius 3 is 2.30 bits per heavy atom. The van der Waals surface area contributed by atoms with Crippen LogP contribution in [0.5, 0.6) is 0 Å². The van der Waals surface area contributed by atoms with Crippen molar-refractivity contribution in [2.24, 2.45) is 5.73 Å². The fraction of sp³-hybridized carbons (Fsp3) is 0.375. The second kappa shape index (κ2) is 7.41. The number of nitrogens with two attached hydrogens (primary N) is 1. The van der Waals surface area contributed by atoms with Gasteiger partial charge in [0.15, 0.2) is 0 Å². The molecule has 0 saturated carbocycles. The Labute approximate surface area is 125 Å². The van der Waals surface area contributed by atoms with Crippen LogP contribution < -0.4 is 5.73 Å². The molecule has 0 spiro atoms. The Morgan fingerprint density at radius 1 is 1.05 bits per heavy atom. The molecule has 2 aromatic rings. The number of hydrogen-bond acceptors (Lipinski definition) is 4. The minimum Gasteiger partial charge on any atom is -0.330 e. The molecule has 3 nitrogen and oxygen atoms in total. The van der Waals surface area contributed by atoms with Crippen LogP contribution in [0.2, 0.25) is 0 Å². The fourth-order valence-electron chi connectivity index (χ4n) is 2.18. The van der Waals surface area contributed by atoms with Crippen LogP contribution in [0.1, 0.15) is 29.2 Å². The van der Waals surface area contributed by atoms with Gasteiger partial charge >= 0.3 is 0 Å². The van der Waals surface area contributed by atoms with E-state index in [0.29, 0.717) is 6.54 Å². The molecule has 0 aliphatic heterocycles. The number of aromatic nitrogens is 2. The third kappa shape index (κ3) is 4.05. The standard InChI is InChI=1S/C16H21N3S/c1-12-15(9-6-10-17)13(2)19-16(18-12)11-20-14-7-4-3-5-8-14/h3-5,7-8H,6,9-11,17H2,1-2H3. The van der Waals surface area contributed by atoms with Crippen molar-refractivity contribution in [3.63, 3.8) is 0 Å². The molecule has 1 heterocycles. The summed E-state index contributed by atoms with van der Waals surface area (Å²) >= 11 is 1.77. The van der Waals surface area contributed by atoms with Gasteiger partial charge in [0.25, 0.3) is 0 Å². The normalized spacial score (nSPS) is 10.8. The van der Waals surface area contributed by atoms with Crippen LogP contribution in [0.25, 0.3) is 0 Å². The Hall–Kier alpha value is -1.39. The lowest BCUT2D eigenvalue weighted by Gasteiger charge is -2.10. The highest BCUT2D eigenvalue weighted by Crippen LogP contribution is 2.22. The Kier molecular flexibility index (Phi) is 5.56. The predicted octanol–water partition coefficient (Wildman–Crippen LogP) is 3.28. The van der Waals surface area contributed by atoms with Crippen LogP contribution in [-0.4, -0.2) is 16.5 Å². The lowest BCUT2D eigenvalue weighted by molar-refractivity contribution is 0.796. The maximum atomic E-state index is 5.57. The van der Waals surface area contributed by atoms with E-state index in [1.54, 1.807) is 11.8 Å². The van der Waals surface area contributed by atoms with E-state index in [0.717, 1.165) is 35.8 Å². The molecule has 0 radical (unpaired) electrons. The van der Waals surface area contributed by atoms with Gasteiger partial charge in [-0.25, -0.2) is 9.97 Å². The first-order valence-electron chi connectivity index (χ1n) is 6.91. The highest BCUT2D eigenvalue weighted by atomic mass is 32.2. The first kappa shape index (κ1) is 15.0. The van der Waals surface area contributed by atoms with Crippen LogP contribution in [0, 0.1) is 13.8 Å². The average molecular weight is 287 g/mol. The molecule has 106 valence electrons. The van der Waals surface area contributed by atoms with E-state index >= 15 is 0 Å². The second-order valence-corrected chi connectivity index (χ2v) is 5.83. The zero-order chi connectivity index (χ0) is 14.4. The van der Waals surface area contributed by atoms with E-state index < -0.39 is 0 Å². The van der Waals surface area contributed by atoms with Gasteiger partial charge < -0.3 is 5.73 Å². The molecule has 1 aromatic heterocycles. The van der Waals surface area contributed by atoms with E-state index in [1.165, 1.54) is 10.5 Å². The zero-order valence-electron chi connectivity index (χ0n) is 12.1. The van der Waals surface area contributed by atoms with Crippen molar-refractivity contribution in [2.45, 2.75) is 37.3 Å². The second-order valence-electron chi connectivity index (χ2n) is 4.78. The van der Waals surface area contributed by atoms with Gasteiger partial charge in [0.2, 0.25) is 0 Å². The number of aryl methyl sites for hydroxylation is 2. The van der Waals surface area contributed by atoms with Crippen molar-refractivity contribution >= 4 is 11.8 Å². The summed E-state index contributed by atoms with van der Waals surface area (Å²) in [6.07, 6.45) is 1.96. The van der Waals surface area contributed by atoms with Gasteiger partial charge in [0, 0.05) is 16.3 Å². The van der Waals surface area contributed by atoms with Crippen molar-refractivity contribution in [1.29, 1.82) is 0 Å². The first-order chi connectivity index (χ1) is 9.70. The summed E-state index contributed by atoms with van der Waals surface area (Å²) in [5.41, 5.74) is 9.01. The lowest BCUT2D eigenvalue weighted by Crippen LogP contribution is -2.07. The lowest BCUT2D eigenvalue weighted by atomic mass is 10.1. The van der Waals surface area contributed by atoms with Crippen LogP contribution in [-0.2, 0) is 12.2 Å². The number of nitrogens with zero attached hydrogens (tertiary/aromatic N) is 2. The minimum absolute atomic E-state index is 0.713. The first-order valence-corrected chi connectivity index (χ1v) is 7.90. The van der Waals surface area contributed by atoms with Gasteiger partial charge in [-0.1, -0.05) is 18.2 Å². The maximum Gasteiger partial charge on any atom is 0.139 e. The van der Waals surface area contributed by atoms with Crippen molar-refractivity contribution in [3.8, 4) is 0 Å². The van der Waals surface area contributed by atoms with Crippen molar-refractivity contribution in [2.75, 3.05) is 6.54 Å². The number of thioether (sulfide) groups is 1. The van der Waals surface area contributed by atoms with Crippen LogP contribution in [0.4, 0.5) is 0 Å². The van der Waals surface area contributed by atoms with Gasteiger partial charge in [-0.15, -0.1) is 11.8 Å². The summed E-state index contributed by atoms with van der Waals surface area (Å²) in [6, 6.07) is 10.4. The molecule has 1 aromatic carbocycles. The van der Waals surface area contributed by atoms with Gasteiger partial charge in [0.05, 0.1) is 5.75 Å². The van der Waals surface area contributed by atoms with Gasteiger partial charge in [-0.05, 0) is 50.9 Å². The van der Waals surface area contributed by atoms with Crippen LogP contribution in [0.3, 0.4) is 0 Å². The quantitative estimate of drug-likeness (QED) is 0.828. The summed E-state index contributed by atoms with van der Waals surface area (Å²) in [5.74, 6) is 1.72. The highest BCUT2D eigenvalue weighted by Gasteiger charge is 2.08. The van der Waals surface area contributed by atoms with Gasteiger partial charge in [0.1, 0.15) is 5.82 Å². The Balaban J connectivity index is 2.06. The van der Waals surface area contributed by atoms with E-state index in [-0.39, 0.29) is 0 Å². The third-order valence-corrected chi connectivity index (χ3v) is 4.22. The molecule has 0 amide bonds. The van der Waals surface area contributed by atoms with Gasteiger partial charge in [-0.3, -0.25) is 0 Å². The molecule has 0 atom stereocenters. The molecule has 2 N–H and O–H groups in total. The van der Waals surface area contributed by atoms with Crippen LogP contribution >= 0.6 is 11.8 Å². The summed E-state index contributed by atoms with van der Waals surface area (Å²) in [7, 11) is 0. The zero-order valence-corrected chi connectivity index (χ0v) is 12.9. The molecule has 0 aliphatic carbocycles. The van der Waals surface area contributed by atoms with E-state index in [4.69, 9.17) is 5.73 Å². The maximum absolute atomic E-state index is 5.57. The molecular weight excluding hydrogens is 266 g/mol. The molecule has 0 saturated heterocycles. The molecule has 0 unspecified atom stereocenters. The number of hydrogen-bond donors (Lipinski definition) is 1. The average Bonchev–Trinajstić information content (AvgIpc) is 2.45. The number of benzene rings is 1. The Bertz CT molecular complexity index is 532.